The fraction of sp³-hybridized carbons (Fsp3) is 0.316. The van der Waals surface area contributed by atoms with Crippen molar-refractivity contribution in [2.24, 2.45) is 0 Å². The van der Waals surface area contributed by atoms with Gasteiger partial charge in [0, 0.05) is 48.3 Å². The minimum atomic E-state index is -4.56. The van der Waals surface area contributed by atoms with Gasteiger partial charge in [0.25, 0.3) is 0 Å². The Bertz CT molecular complexity index is 1050. The first-order valence-electron chi connectivity index (χ1n) is 8.82. The lowest BCUT2D eigenvalue weighted by molar-refractivity contribution is -0.137. The molecule has 0 aliphatic carbocycles. The lowest BCUT2D eigenvalue weighted by Crippen LogP contribution is -2.37. The number of nitrogens with zero attached hydrogens (tertiary/aromatic N) is 3. The quantitative estimate of drug-likeness (QED) is 0.612. The summed E-state index contributed by atoms with van der Waals surface area (Å²) in [6.45, 7) is 0.871. The third-order valence-electron chi connectivity index (χ3n) is 4.83. The number of aromatic hydroxyl groups is 1. The van der Waals surface area contributed by atoms with E-state index in [0.717, 1.165) is 12.1 Å². The topological polar surface area (TPSA) is 100 Å². The zero-order valence-corrected chi connectivity index (χ0v) is 15.1. The summed E-state index contributed by atoms with van der Waals surface area (Å²) in [5, 5.41) is 32.9. The Morgan fingerprint density at radius 3 is 2.69 bits per heavy atom. The molecular weight excluding hydrogens is 389 g/mol. The SMILES string of the molecule is Oc1cc(C(F)(F)F)ccc1-c1nnc(NC[C@@]2(O)CCOC2)c2cnccc12. The fourth-order valence-corrected chi connectivity index (χ4v) is 3.22. The largest absolute Gasteiger partial charge is 0.507 e. The van der Waals surface area contributed by atoms with E-state index in [1.54, 1.807) is 6.07 Å². The number of nitrogens with one attached hydrogen (secondary N) is 1. The number of fused-ring (bicyclic) bond motifs is 1. The molecule has 1 atom stereocenters. The summed E-state index contributed by atoms with van der Waals surface area (Å²) in [5.74, 6) is -0.186. The van der Waals surface area contributed by atoms with Crippen molar-refractivity contribution >= 4 is 16.6 Å². The molecule has 1 aliphatic heterocycles. The first kappa shape index (κ1) is 19.3. The van der Waals surface area contributed by atoms with Crippen LogP contribution in [0.1, 0.15) is 12.0 Å². The first-order chi connectivity index (χ1) is 13.8. The second-order valence-corrected chi connectivity index (χ2v) is 6.93. The van der Waals surface area contributed by atoms with Crippen LogP contribution in [-0.4, -0.2) is 50.8 Å². The summed E-state index contributed by atoms with van der Waals surface area (Å²) in [5.41, 5.74) is -1.62. The molecule has 1 saturated heterocycles. The van der Waals surface area contributed by atoms with Gasteiger partial charge in [-0.2, -0.15) is 13.2 Å². The molecule has 7 nitrogen and oxygen atoms in total. The number of benzene rings is 1. The lowest BCUT2D eigenvalue weighted by Gasteiger charge is -2.21. The Kier molecular flexibility index (Phi) is 4.75. The van der Waals surface area contributed by atoms with Crippen molar-refractivity contribution in [1.82, 2.24) is 15.2 Å². The van der Waals surface area contributed by atoms with E-state index in [4.69, 9.17) is 4.74 Å². The number of phenolic OH excluding ortho intramolecular Hbond substituents is 1. The second-order valence-electron chi connectivity index (χ2n) is 6.93. The summed E-state index contributed by atoms with van der Waals surface area (Å²) in [7, 11) is 0. The standard InChI is InChI=1S/C19H17F3N4O3/c20-19(21,22)11-1-2-13(15(27)7-11)16-12-3-5-23-8-14(12)17(26-25-16)24-9-18(28)4-6-29-10-18/h1-3,5,7-8,27-28H,4,6,9-10H2,(H,24,26)/t18-/m0/s1. The number of pyridine rings is 1. The zero-order chi connectivity index (χ0) is 20.6. The summed E-state index contributed by atoms with van der Waals surface area (Å²) in [4.78, 5) is 4.07. The zero-order valence-electron chi connectivity index (χ0n) is 15.1. The summed E-state index contributed by atoms with van der Waals surface area (Å²) in [6.07, 6.45) is -1.03. The molecule has 0 unspecified atom stereocenters. The Morgan fingerprint density at radius 1 is 1.17 bits per heavy atom. The highest BCUT2D eigenvalue weighted by molar-refractivity contribution is 6.00. The predicted molar refractivity (Wildman–Crippen MR) is 98.3 cm³/mol. The second kappa shape index (κ2) is 7.12. The van der Waals surface area contributed by atoms with Gasteiger partial charge in [0.1, 0.15) is 17.0 Å². The first-order valence-corrected chi connectivity index (χ1v) is 8.82. The van der Waals surface area contributed by atoms with E-state index in [1.165, 1.54) is 12.4 Å². The minimum Gasteiger partial charge on any atom is -0.507 e. The van der Waals surface area contributed by atoms with Crippen LogP contribution in [0.5, 0.6) is 5.75 Å². The van der Waals surface area contributed by atoms with Gasteiger partial charge in [0.05, 0.1) is 12.2 Å². The van der Waals surface area contributed by atoms with Crippen LogP contribution in [-0.2, 0) is 10.9 Å². The van der Waals surface area contributed by atoms with Crippen molar-refractivity contribution in [2.75, 3.05) is 25.1 Å². The Labute approximate surface area is 163 Å². The van der Waals surface area contributed by atoms with E-state index in [2.05, 4.69) is 20.5 Å². The number of phenols is 1. The van der Waals surface area contributed by atoms with Crippen LogP contribution >= 0.6 is 0 Å². The van der Waals surface area contributed by atoms with Crippen LogP contribution in [0.2, 0.25) is 0 Å². The van der Waals surface area contributed by atoms with Crippen molar-refractivity contribution in [3.8, 4) is 17.0 Å². The van der Waals surface area contributed by atoms with E-state index in [0.29, 0.717) is 35.7 Å². The number of aromatic nitrogens is 3. The normalized spacial score (nSPS) is 19.6. The molecular formula is C19H17F3N4O3. The molecule has 1 aliphatic rings. The minimum absolute atomic E-state index is 0.121. The van der Waals surface area contributed by atoms with Crippen molar-refractivity contribution in [3.63, 3.8) is 0 Å². The summed E-state index contributed by atoms with van der Waals surface area (Å²) in [6, 6.07) is 4.33. The van der Waals surface area contributed by atoms with Crippen molar-refractivity contribution in [3.05, 3.63) is 42.2 Å². The lowest BCUT2D eigenvalue weighted by atomic mass is 10.0. The number of ether oxygens (including phenoxy) is 1. The molecule has 0 spiro atoms. The van der Waals surface area contributed by atoms with Crippen LogP contribution in [0.3, 0.4) is 0 Å². The highest BCUT2D eigenvalue weighted by atomic mass is 19.4. The molecule has 152 valence electrons. The highest BCUT2D eigenvalue weighted by Crippen LogP contribution is 2.38. The van der Waals surface area contributed by atoms with Crippen LogP contribution in [0.25, 0.3) is 22.0 Å². The molecule has 0 saturated carbocycles. The Morgan fingerprint density at radius 2 is 2.00 bits per heavy atom. The summed E-state index contributed by atoms with van der Waals surface area (Å²) < 4.78 is 43.8. The molecule has 3 aromatic rings. The molecule has 1 fully saturated rings. The third kappa shape index (κ3) is 3.81. The van der Waals surface area contributed by atoms with E-state index >= 15 is 0 Å². The number of hydrogen-bond acceptors (Lipinski definition) is 7. The van der Waals surface area contributed by atoms with E-state index < -0.39 is 23.1 Å². The number of anilines is 1. The van der Waals surface area contributed by atoms with Gasteiger partial charge < -0.3 is 20.3 Å². The molecule has 0 radical (unpaired) electrons. The maximum absolute atomic E-state index is 12.9. The van der Waals surface area contributed by atoms with E-state index in [-0.39, 0.29) is 24.4 Å². The van der Waals surface area contributed by atoms with Gasteiger partial charge in [-0.15, -0.1) is 10.2 Å². The van der Waals surface area contributed by atoms with Crippen LogP contribution in [0, 0.1) is 0 Å². The fourth-order valence-electron chi connectivity index (χ4n) is 3.22. The van der Waals surface area contributed by atoms with E-state index in [9.17, 15) is 23.4 Å². The highest BCUT2D eigenvalue weighted by Gasteiger charge is 2.33. The van der Waals surface area contributed by atoms with Gasteiger partial charge in [-0.05, 0) is 24.3 Å². The van der Waals surface area contributed by atoms with E-state index in [1.807, 2.05) is 0 Å². The van der Waals surface area contributed by atoms with Gasteiger partial charge >= 0.3 is 6.18 Å². The molecule has 1 aromatic carbocycles. The van der Waals surface area contributed by atoms with Gasteiger partial charge in [-0.25, -0.2) is 0 Å². The van der Waals surface area contributed by atoms with Gasteiger partial charge in [-0.1, -0.05) is 0 Å². The van der Waals surface area contributed by atoms with Crippen LogP contribution < -0.4 is 5.32 Å². The molecule has 0 bridgehead atoms. The molecule has 4 rings (SSSR count). The number of hydrogen-bond donors (Lipinski definition) is 3. The molecule has 2 aromatic heterocycles. The molecule has 3 heterocycles. The average Bonchev–Trinajstić information content (AvgIpc) is 3.12. The van der Waals surface area contributed by atoms with Crippen LogP contribution in [0.15, 0.2) is 36.7 Å². The average molecular weight is 406 g/mol. The predicted octanol–water partition coefficient (Wildman–Crippen LogP) is 2.98. The van der Waals surface area contributed by atoms with Gasteiger partial charge in [0.15, 0.2) is 5.82 Å². The third-order valence-corrected chi connectivity index (χ3v) is 4.83. The molecule has 0 amide bonds. The number of rotatable bonds is 4. The molecule has 3 N–H and O–H groups in total. The monoisotopic (exact) mass is 406 g/mol. The van der Waals surface area contributed by atoms with Crippen molar-refractivity contribution < 1.29 is 28.1 Å². The molecule has 29 heavy (non-hydrogen) atoms. The van der Waals surface area contributed by atoms with Crippen molar-refractivity contribution in [1.29, 1.82) is 0 Å². The van der Waals surface area contributed by atoms with Crippen molar-refractivity contribution in [2.45, 2.75) is 18.2 Å². The molecule has 10 heteroatoms. The number of aliphatic hydroxyl groups is 1. The number of halogens is 3. The summed E-state index contributed by atoms with van der Waals surface area (Å²) >= 11 is 0. The Balaban J connectivity index is 1.72. The smallest absolute Gasteiger partial charge is 0.416 e. The number of alkyl halides is 3. The van der Waals surface area contributed by atoms with Crippen LogP contribution in [0.4, 0.5) is 19.0 Å². The maximum Gasteiger partial charge on any atom is 0.416 e. The maximum atomic E-state index is 12.9. The Hall–Kier alpha value is -2.98. The van der Waals surface area contributed by atoms with Gasteiger partial charge in [0.2, 0.25) is 0 Å². The van der Waals surface area contributed by atoms with Gasteiger partial charge in [-0.3, -0.25) is 4.98 Å².